The fourth-order valence-electron chi connectivity index (χ4n) is 2.88. The lowest BCUT2D eigenvalue weighted by Crippen LogP contribution is -2.42. The summed E-state index contributed by atoms with van der Waals surface area (Å²) < 4.78 is 5.81. The van der Waals surface area contributed by atoms with Crippen LogP contribution in [0, 0.1) is 6.92 Å². The minimum absolute atomic E-state index is 0.0409. The molecule has 0 aromatic heterocycles. The lowest BCUT2D eigenvalue weighted by molar-refractivity contribution is -0.134. The highest BCUT2D eigenvalue weighted by Gasteiger charge is 2.27. The molecule has 21 heavy (non-hydrogen) atoms. The average molecular weight is 290 g/mol. The van der Waals surface area contributed by atoms with Gasteiger partial charge in [0.2, 0.25) is 0 Å². The Morgan fingerprint density at radius 1 is 1.48 bits per heavy atom. The minimum atomic E-state index is 0.0409. The molecule has 1 aliphatic rings. The molecule has 0 spiro atoms. The fraction of sp³-hybridized carbons (Fsp3) is 0.588. The Morgan fingerprint density at radius 2 is 2.24 bits per heavy atom. The Balaban J connectivity index is 2.02. The summed E-state index contributed by atoms with van der Waals surface area (Å²) in [4.78, 5) is 14.2. The average Bonchev–Trinajstić information content (AvgIpc) is 2.93. The van der Waals surface area contributed by atoms with Crippen LogP contribution in [0.2, 0.25) is 0 Å². The standard InChI is InChI=1S/C17H26N2O2/c1-12(2)15-7-6-13(3)9-16(15)21-11-17(20)19-8-4-5-14(19)10-18/h6-7,9,12,14H,4-5,8,10-11,18H2,1-3H3. The van der Waals surface area contributed by atoms with Crippen LogP contribution in [0.4, 0.5) is 0 Å². The van der Waals surface area contributed by atoms with Gasteiger partial charge in [0.1, 0.15) is 5.75 Å². The molecule has 0 saturated carbocycles. The highest BCUT2D eigenvalue weighted by molar-refractivity contribution is 5.78. The van der Waals surface area contributed by atoms with Crippen LogP contribution >= 0.6 is 0 Å². The van der Waals surface area contributed by atoms with Crippen molar-refractivity contribution in [1.29, 1.82) is 0 Å². The molecule has 2 N–H and O–H groups in total. The molecule has 1 fully saturated rings. The maximum Gasteiger partial charge on any atom is 0.260 e. The first-order valence-electron chi connectivity index (χ1n) is 7.75. The summed E-state index contributed by atoms with van der Waals surface area (Å²) in [6.07, 6.45) is 2.04. The van der Waals surface area contributed by atoms with E-state index < -0.39 is 0 Å². The van der Waals surface area contributed by atoms with Crippen molar-refractivity contribution in [2.45, 2.75) is 45.6 Å². The Hall–Kier alpha value is -1.55. The van der Waals surface area contributed by atoms with Gasteiger partial charge in [-0.3, -0.25) is 4.79 Å². The first-order valence-corrected chi connectivity index (χ1v) is 7.75. The van der Waals surface area contributed by atoms with Crippen molar-refractivity contribution in [3.63, 3.8) is 0 Å². The zero-order valence-corrected chi connectivity index (χ0v) is 13.3. The topological polar surface area (TPSA) is 55.6 Å². The van der Waals surface area contributed by atoms with Crippen LogP contribution in [0.25, 0.3) is 0 Å². The zero-order valence-electron chi connectivity index (χ0n) is 13.3. The molecule has 0 radical (unpaired) electrons. The van der Waals surface area contributed by atoms with Crippen molar-refractivity contribution in [3.8, 4) is 5.75 Å². The van der Waals surface area contributed by atoms with Crippen molar-refractivity contribution in [1.82, 2.24) is 4.90 Å². The quantitative estimate of drug-likeness (QED) is 0.906. The highest BCUT2D eigenvalue weighted by atomic mass is 16.5. The summed E-state index contributed by atoms with van der Waals surface area (Å²) in [7, 11) is 0. The molecular formula is C17H26N2O2. The van der Waals surface area contributed by atoms with Gasteiger partial charge in [-0.15, -0.1) is 0 Å². The van der Waals surface area contributed by atoms with E-state index in [1.807, 2.05) is 17.9 Å². The molecule has 2 rings (SSSR count). The number of hydrogen-bond acceptors (Lipinski definition) is 3. The highest BCUT2D eigenvalue weighted by Crippen LogP contribution is 2.27. The van der Waals surface area contributed by atoms with E-state index in [0.717, 1.165) is 36.3 Å². The van der Waals surface area contributed by atoms with Crippen LogP contribution in [0.3, 0.4) is 0 Å². The molecule has 4 heteroatoms. The number of likely N-dealkylation sites (tertiary alicyclic amines) is 1. The summed E-state index contributed by atoms with van der Waals surface area (Å²) in [5.41, 5.74) is 8.00. The lowest BCUT2D eigenvalue weighted by Gasteiger charge is -2.24. The summed E-state index contributed by atoms with van der Waals surface area (Å²) in [6, 6.07) is 6.35. The van der Waals surface area contributed by atoms with Crippen LogP contribution in [-0.2, 0) is 4.79 Å². The van der Waals surface area contributed by atoms with Gasteiger partial charge < -0.3 is 15.4 Å². The molecule has 1 atom stereocenters. The normalized spacial score (nSPS) is 18.3. The monoisotopic (exact) mass is 290 g/mol. The van der Waals surface area contributed by atoms with Gasteiger partial charge >= 0.3 is 0 Å². The van der Waals surface area contributed by atoms with Crippen molar-refractivity contribution >= 4 is 5.91 Å². The fourth-order valence-corrected chi connectivity index (χ4v) is 2.88. The third-order valence-electron chi connectivity index (χ3n) is 4.11. The number of rotatable bonds is 5. The van der Waals surface area contributed by atoms with E-state index in [0.29, 0.717) is 12.5 Å². The minimum Gasteiger partial charge on any atom is -0.483 e. The SMILES string of the molecule is Cc1ccc(C(C)C)c(OCC(=O)N2CCCC2CN)c1. The van der Waals surface area contributed by atoms with Crippen molar-refractivity contribution < 1.29 is 9.53 Å². The van der Waals surface area contributed by atoms with Crippen molar-refractivity contribution in [2.75, 3.05) is 19.7 Å². The molecule has 1 saturated heterocycles. The molecule has 1 amide bonds. The Morgan fingerprint density at radius 3 is 2.90 bits per heavy atom. The summed E-state index contributed by atoms with van der Waals surface area (Å²) >= 11 is 0. The van der Waals surface area contributed by atoms with Gasteiger partial charge in [-0.25, -0.2) is 0 Å². The molecule has 1 heterocycles. The van der Waals surface area contributed by atoms with Crippen molar-refractivity contribution in [3.05, 3.63) is 29.3 Å². The molecule has 0 bridgehead atoms. The summed E-state index contributed by atoms with van der Waals surface area (Å²) in [6.45, 7) is 7.72. The van der Waals surface area contributed by atoms with E-state index in [4.69, 9.17) is 10.5 Å². The van der Waals surface area contributed by atoms with Crippen LogP contribution in [0.5, 0.6) is 5.75 Å². The molecule has 4 nitrogen and oxygen atoms in total. The van der Waals surface area contributed by atoms with Gasteiger partial charge in [0.25, 0.3) is 5.91 Å². The maximum atomic E-state index is 12.3. The third kappa shape index (κ3) is 3.76. The number of ether oxygens (including phenoxy) is 1. The predicted octanol–water partition coefficient (Wildman–Crippen LogP) is 2.45. The number of carbonyl (C=O) groups is 1. The number of benzene rings is 1. The van der Waals surface area contributed by atoms with E-state index in [9.17, 15) is 4.79 Å². The van der Waals surface area contributed by atoms with E-state index in [-0.39, 0.29) is 18.6 Å². The van der Waals surface area contributed by atoms with Crippen LogP contribution in [-0.4, -0.2) is 36.5 Å². The van der Waals surface area contributed by atoms with Gasteiger partial charge in [-0.1, -0.05) is 26.0 Å². The van der Waals surface area contributed by atoms with E-state index in [1.165, 1.54) is 0 Å². The van der Waals surface area contributed by atoms with Crippen LogP contribution in [0.15, 0.2) is 18.2 Å². The van der Waals surface area contributed by atoms with Gasteiger partial charge in [0.05, 0.1) is 0 Å². The van der Waals surface area contributed by atoms with Crippen LogP contribution in [0.1, 0.15) is 43.7 Å². The maximum absolute atomic E-state index is 12.3. The van der Waals surface area contributed by atoms with Crippen molar-refractivity contribution in [2.24, 2.45) is 5.73 Å². The summed E-state index contributed by atoms with van der Waals surface area (Å²) in [5.74, 6) is 1.24. The first-order chi connectivity index (χ1) is 10.0. The van der Waals surface area contributed by atoms with Gasteiger partial charge in [0.15, 0.2) is 6.61 Å². The van der Waals surface area contributed by atoms with Gasteiger partial charge in [-0.05, 0) is 42.9 Å². The number of aryl methyl sites for hydroxylation is 1. The van der Waals surface area contributed by atoms with Gasteiger partial charge in [-0.2, -0.15) is 0 Å². The zero-order chi connectivity index (χ0) is 15.4. The first kappa shape index (κ1) is 15.8. The molecular weight excluding hydrogens is 264 g/mol. The Kier molecular flexibility index (Phi) is 5.23. The molecule has 1 aromatic carbocycles. The number of amides is 1. The molecule has 1 aliphatic heterocycles. The molecule has 1 unspecified atom stereocenters. The van der Waals surface area contributed by atoms with E-state index in [1.54, 1.807) is 0 Å². The number of nitrogens with zero attached hydrogens (tertiary/aromatic N) is 1. The molecule has 1 aromatic rings. The molecule has 0 aliphatic carbocycles. The smallest absolute Gasteiger partial charge is 0.260 e. The second-order valence-electron chi connectivity index (χ2n) is 6.10. The number of nitrogens with two attached hydrogens (primary N) is 1. The largest absolute Gasteiger partial charge is 0.483 e. The van der Waals surface area contributed by atoms with Crippen LogP contribution < -0.4 is 10.5 Å². The third-order valence-corrected chi connectivity index (χ3v) is 4.11. The van der Waals surface area contributed by atoms with E-state index >= 15 is 0 Å². The second-order valence-corrected chi connectivity index (χ2v) is 6.10. The predicted molar refractivity (Wildman–Crippen MR) is 84.6 cm³/mol. The second kappa shape index (κ2) is 6.94. The Labute approximate surface area is 127 Å². The molecule has 116 valence electrons. The summed E-state index contributed by atoms with van der Waals surface area (Å²) in [5, 5.41) is 0. The lowest BCUT2D eigenvalue weighted by atomic mass is 10.0. The number of hydrogen-bond donors (Lipinski definition) is 1. The van der Waals surface area contributed by atoms with E-state index in [2.05, 4.69) is 26.0 Å². The van der Waals surface area contributed by atoms with Gasteiger partial charge in [0, 0.05) is 19.1 Å². The Bertz CT molecular complexity index is 500. The number of carbonyl (C=O) groups excluding carboxylic acids is 1.